The zero-order valence-electron chi connectivity index (χ0n) is 31.1. The van der Waals surface area contributed by atoms with E-state index in [1.165, 1.54) is 13.8 Å². The van der Waals surface area contributed by atoms with Crippen molar-refractivity contribution >= 4 is 69.1 Å². The van der Waals surface area contributed by atoms with Gasteiger partial charge in [-0.3, -0.25) is 32.5 Å². The van der Waals surface area contributed by atoms with Gasteiger partial charge in [-0.15, -0.1) is 0 Å². The van der Waals surface area contributed by atoms with Crippen molar-refractivity contribution in [2.45, 2.75) is 64.3 Å². The van der Waals surface area contributed by atoms with Gasteiger partial charge in [-0.1, -0.05) is 55.4 Å². The predicted octanol–water partition coefficient (Wildman–Crippen LogP) is 0.216. The number of imidazole rings is 1. The van der Waals surface area contributed by atoms with Crippen molar-refractivity contribution in [1.82, 2.24) is 30.2 Å². The van der Waals surface area contributed by atoms with Gasteiger partial charge in [0.2, 0.25) is 11.8 Å². The number of ether oxygens (including phenoxy) is 1. The number of nitrogen functional groups attached to an aromatic ring is 1. The third-order valence-electron chi connectivity index (χ3n) is 8.23. The van der Waals surface area contributed by atoms with Crippen molar-refractivity contribution in [1.29, 1.82) is 0 Å². The van der Waals surface area contributed by atoms with Gasteiger partial charge in [0, 0.05) is 37.1 Å². The summed E-state index contributed by atoms with van der Waals surface area (Å²) in [5.41, 5.74) is 6.22. The number of amides is 2. The molecule has 1 fully saturated rings. The summed E-state index contributed by atoms with van der Waals surface area (Å²) in [5, 5.41) is 26.4. The van der Waals surface area contributed by atoms with E-state index in [1.54, 1.807) is 0 Å². The Hall–Kier alpha value is -3.22. The predicted molar refractivity (Wildman–Crippen MR) is 202 cm³/mol. The minimum atomic E-state index is -5.57. The summed E-state index contributed by atoms with van der Waals surface area (Å²) in [6.07, 6.45) is -6.68. The monoisotopic (exact) mass is 899 g/mol. The fourth-order valence-corrected chi connectivity index (χ4v) is 8.75. The van der Waals surface area contributed by atoms with Crippen LogP contribution in [0.5, 0.6) is 0 Å². The van der Waals surface area contributed by atoms with Crippen LogP contribution in [0.15, 0.2) is 36.9 Å². The van der Waals surface area contributed by atoms with Crippen LogP contribution in [0.1, 0.15) is 37.6 Å². The van der Waals surface area contributed by atoms with Gasteiger partial charge in [0.1, 0.15) is 36.3 Å². The lowest BCUT2D eigenvalue weighted by Crippen LogP contribution is -2.46. The molecule has 1 aliphatic heterocycles. The minimum absolute atomic E-state index is 0.0296. The highest BCUT2D eigenvalue weighted by Gasteiger charge is 2.50. The van der Waals surface area contributed by atoms with Gasteiger partial charge in [-0.05, 0) is 12.5 Å². The number of phosphoric acid groups is 3. The topological polar surface area (TPSA) is 364 Å². The first kappa shape index (κ1) is 47.5. The molecule has 0 bridgehead atoms. The fourth-order valence-electron chi connectivity index (χ4n) is 5.22. The molecule has 10 N–H and O–H groups in total. The minimum Gasteiger partial charge on any atom is -0.386 e. The number of aryl methyl sites for hydroxylation is 1. The molecule has 7 atom stereocenters. The quantitative estimate of drug-likeness (QED) is 0.0510. The number of nitrogens with zero attached hydrogens (tertiary/aromatic N) is 4. The number of carbonyl (C=O) groups is 3. The molecule has 3 heterocycles. The molecule has 24 nitrogen and oxygen atoms in total. The normalized spacial score (nSPS) is 21.3. The Kier molecular flexibility index (Phi) is 16.3. The molecule has 0 aliphatic carbocycles. The standard InChI is InChI=1S/C30H44N7O17P3S/c1-17-4-6-18(7-5-17)12-21(39)58-11-10-32-20(38)8-9-33-28(42)25(41)30(2,3)14-51-57(48,49)54-56(46,47)50-13-19-24(53-55(43,44)45)23(40)29(52-19)37-16-36-22-26(31)34-15-35-27(22)37/h4-7,15-16,19,23-25,29,40-41H,8-14H2,1-3H3,(H,32,38)(H,33,42)(H,46,47)(H,48,49)(H2,31,34,35)(H2,43,44,45)/t19-,23-,24-,25+,29-/m1/s1. The maximum atomic E-state index is 12.7. The molecule has 322 valence electrons. The molecule has 0 spiro atoms. The lowest BCUT2D eigenvalue weighted by molar-refractivity contribution is -0.137. The van der Waals surface area contributed by atoms with Gasteiger partial charge in [0.05, 0.1) is 19.5 Å². The van der Waals surface area contributed by atoms with Gasteiger partial charge in [0.25, 0.3) is 0 Å². The summed E-state index contributed by atoms with van der Waals surface area (Å²) < 4.78 is 62.2. The van der Waals surface area contributed by atoms with Gasteiger partial charge >= 0.3 is 23.5 Å². The average Bonchev–Trinajstić information content (AvgIpc) is 3.69. The fraction of sp³-hybridized carbons (Fsp3) is 0.533. The Morgan fingerprint density at radius 2 is 1.69 bits per heavy atom. The van der Waals surface area contributed by atoms with Crippen LogP contribution in [0.3, 0.4) is 0 Å². The molecular formula is C30H44N7O17P3S. The van der Waals surface area contributed by atoms with Crippen molar-refractivity contribution in [2.75, 3.05) is 37.8 Å². The number of anilines is 1. The van der Waals surface area contributed by atoms with E-state index in [1.807, 2.05) is 31.2 Å². The number of thioether (sulfide) groups is 1. The third kappa shape index (κ3) is 13.9. The second-order valence-corrected chi connectivity index (χ2v) is 18.8. The first-order valence-corrected chi connectivity index (χ1v) is 22.6. The molecule has 28 heteroatoms. The van der Waals surface area contributed by atoms with Crippen molar-refractivity contribution in [3.05, 3.63) is 48.0 Å². The lowest BCUT2D eigenvalue weighted by Gasteiger charge is -2.30. The Bertz CT molecular complexity index is 2070. The van der Waals surface area contributed by atoms with Gasteiger partial charge in [-0.2, -0.15) is 4.31 Å². The van der Waals surface area contributed by atoms with E-state index < -0.39 is 84.6 Å². The van der Waals surface area contributed by atoms with Crippen LogP contribution < -0.4 is 16.4 Å². The summed E-state index contributed by atoms with van der Waals surface area (Å²) in [6.45, 7) is 2.42. The van der Waals surface area contributed by atoms with Crippen molar-refractivity contribution in [3.63, 3.8) is 0 Å². The molecule has 4 rings (SSSR count). The van der Waals surface area contributed by atoms with Gasteiger partial charge in [0.15, 0.2) is 22.8 Å². The van der Waals surface area contributed by atoms with E-state index in [-0.39, 0.29) is 48.0 Å². The smallest absolute Gasteiger partial charge is 0.386 e. The van der Waals surface area contributed by atoms with Crippen LogP contribution in [-0.4, -0.2) is 123 Å². The first-order chi connectivity index (χ1) is 27.0. The van der Waals surface area contributed by atoms with Crippen LogP contribution in [-0.2, 0) is 57.1 Å². The van der Waals surface area contributed by atoms with E-state index in [9.17, 15) is 57.9 Å². The van der Waals surface area contributed by atoms with Crippen LogP contribution in [0.4, 0.5) is 5.82 Å². The Morgan fingerprint density at radius 1 is 1.02 bits per heavy atom. The highest BCUT2D eigenvalue weighted by atomic mass is 32.2. The van der Waals surface area contributed by atoms with Crippen molar-refractivity contribution in [2.24, 2.45) is 5.41 Å². The van der Waals surface area contributed by atoms with E-state index in [0.717, 1.165) is 40.1 Å². The SMILES string of the molecule is Cc1ccc(CC(=O)SCCNC(=O)CCNC(=O)[C@H](O)C(C)(C)COP(=O)(O)OP(=O)(O)OC[C@H]2O[C@@H](n3cnc4c(N)ncnc43)[C@H](O)[C@@H]2OP(=O)(O)O)cc1. The number of aliphatic hydroxyl groups excluding tert-OH is 2. The lowest BCUT2D eigenvalue weighted by atomic mass is 9.87. The number of rotatable bonds is 21. The molecule has 2 unspecified atom stereocenters. The van der Waals surface area contributed by atoms with Gasteiger partial charge < -0.3 is 50.9 Å². The average molecular weight is 900 g/mol. The first-order valence-electron chi connectivity index (χ1n) is 17.1. The van der Waals surface area contributed by atoms with Crippen molar-refractivity contribution in [3.8, 4) is 0 Å². The Morgan fingerprint density at radius 3 is 2.36 bits per heavy atom. The second-order valence-electron chi connectivity index (χ2n) is 13.5. The zero-order valence-corrected chi connectivity index (χ0v) is 34.6. The van der Waals surface area contributed by atoms with Crippen LogP contribution in [0, 0.1) is 12.3 Å². The molecule has 2 aromatic heterocycles. The molecule has 1 aliphatic rings. The number of aromatic nitrogens is 4. The number of aliphatic hydroxyl groups is 2. The number of benzene rings is 1. The van der Waals surface area contributed by atoms with Crippen LogP contribution >= 0.6 is 35.2 Å². The number of carbonyl (C=O) groups excluding carboxylic acids is 3. The van der Waals surface area contributed by atoms with E-state index in [4.69, 9.17) is 19.5 Å². The van der Waals surface area contributed by atoms with E-state index >= 15 is 0 Å². The second kappa shape index (κ2) is 19.9. The summed E-state index contributed by atoms with van der Waals surface area (Å²) in [4.78, 5) is 87.9. The van der Waals surface area contributed by atoms with Crippen LogP contribution in [0.2, 0.25) is 0 Å². The van der Waals surface area contributed by atoms with Crippen LogP contribution in [0.25, 0.3) is 11.2 Å². The number of nitrogens with two attached hydrogens (primary N) is 1. The molecule has 1 aromatic carbocycles. The zero-order chi connectivity index (χ0) is 43.1. The number of hydrogen-bond acceptors (Lipinski definition) is 18. The molecule has 0 saturated carbocycles. The highest BCUT2D eigenvalue weighted by molar-refractivity contribution is 8.13. The molecule has 2 amide bonds. The molecule has 3 aromatic rings. The molecule has 1 saturated heterocycles. The summed E-state index contributed by atoms with van der Waals surface area (Å²) >= 11 is 1.07. The maximum absolute atomic E-state index is 12.7. The maximum Gasteiger partial charge on any atom is 0.481 e. The van der Waals surface area contributed by atoms with Crippen molar-refractivity contribution < 1.29 is 80.5 Å². The Balaban J connectivity index is 1.21. The number of hydrogen-bond donors (Lipinski definition) is 9. The summed E-state index contributed by atoms with van der Waals surface area (Å²) in [7, 11) is -16.4. The number of nitrogens with one attached hydrogen (secondary N) is 2. The molecular weight excluding hydrogens is 855 g/mol. The third-order valence-corrected chi connectivity index (χ3v) is 12.2. The van der Waals surface area contributed by atoms with E-state index in [2.05, 4.69) is 34.4 Å². The summed E-state index contributed by atoms with van der Waals surface area (Å²) in [5.74, 6) is -1.13. The van der Waals surface area contributed by atoms with E-state index in [0.29, 0.717) is 5.75 Å². The largest absolute Gasteiger partial charge is 0.481 e. The van der Waals surface area contributed by atoms with Gasteiger partial charge in [-0.25, -0.2) is 28.6 Å². The highest BCUT2D eigenvalue weighted by Crippen LogP contribution is 2.61. The molecule has 58 heavy (non-hydrogen) atoms. The summed E-state index contributed by atoms with van der Waals surface area (Å²) in [6, 6.07) is 7.56. The number of phosphoric ester groups is 3. The number of fused-ring (bicyclic) bond motifs is 1. The Labute approximate surface area is 334 Å². The molecule has 0 radical (unpaired) electrons.